The molecule has 2 rings (SSSR count). The monoisotopic (exact) mass is 268 g/mol. The van der Waals surface area contributed by atoms with Crippen LogP contribution in [0.25, 0.3) is 0 Å². The van der Waals surface area contributed by atoms with E-state index in [2.05, 4.69) is 11.8 Å². The number of halogens is 2. The molecule has 1 heterocycles. The average molecular weight is 268 g/mol. The molecule has 0 saturated carbocycles. The van der Waals surface area contributed by atoms with E-state index < -0.39 is 11.6 Å². The van der Waals surface area contributed by atoms with Gasteiger partial charge in [0.2, 0.25) is 0 Å². The molecule has 0 radical (unpaired) electrons. The van der Waals surface area contributed by atoms with Crippen LogP contribution >= 0.6 is 0 Å². The van der Waals surface area contributed by atoms with Crippen LogP contribution in [0.1, 0.15) is 44.2 Å². The normalized spacial score (nSPS) is 23.1. The molecule has 2 atom stereocenters. The Morgan fingerprint density at radius 1 is 1.26 bits per heavy atom. The summed E-state index contributed by atoms with van der Waals surface area (Å²) < 4.78 is 26.1. The number of hydrogen-bond acceptors (Lipinski definition) is 2. The second-order valence-electron chi connectivity index (χ2n) is 5.47. The van der Waals surface area contributed by atoms with Gasteiger partial charge in [0.05, 0.1) is 0 Å². The summed E-state index contributed by atoms with van der Waals surface area (Å²) in [6.45, 7) is 3.95. The summed E-state index contributed by atoms with van der Waals surface area (Å²) in [6, 6.07) is 4.18. The molecule has 2 N–H and O–H groups in total. The molecule has 1 fully saturated rings. The van der Waals surface area contributed by atoms with Crippen molar-refractivity contribution in [2.45, 2.75) is 44.7 Å². The number of nitrogens with zero attached hydrogens (tertiary/aromatic N) is 1. The van der Waals surface area contributed by atoms with Crippen molar-refractivity contribution >= 4 is 0 Å². The van der Waals surface area contributed by atoms with E-state index in [1.165, 1.54) is 31.7 Å². The van der Waals surface area contributed by atoms with Gasteiger partial charge in [-0.05, 0) is 44.0 Å². The van der Waals surface area contributed by atoms with Crippen molar-refractivity contribution in [3.63, 3.8) is 0 Å². The molecule has 4 heteroatoms. The Hall–Kier alpha value is -1.00. The summed E-state index contributed by atoms with van der Waals surface area (Å²) in [7, 11) is 0. The van der Waals surface area contributed by atoms with Gasteiger partial charge in [-0.3, -0.25) is 4.90 Å². The predicted molar refractivity (Wildman–Crippen MR) is 72.8 cm³/mol. The molecule has 0 spiro atoms. The van der Waals surface area contributed by atoms with Crippen LogP contribution in [0, 0.1) is 11.6 Å². The van der Waals surface area contributed by atoms with Crippen molar-refractivity contribution in [1.82, 2.24) is 4.90 Å². The number of benzene rings is 1. The van der Waals surface area contributed by atoms with Crippen molar-refractivity contribution in [2.24, 2.45) is 5.73 Å². The molecule has 2 unspecified atom stereocenters. The van der Waals surface area contributed by atoms with Gasteiger partial charge in [0.1, 0.15) is 0 Å². The van der Waals surface area contributed by atoms with Crippen LogP contribution in [0.4, 0.5) is 8.78 Å². The maximum atomic E-state index is 13.2. The maximum absolute atomic E-state index is 13.2. The van der Waals surface area contributed by atoms with Crippen LogP contribution in [0.5, 0.6) is 0 Å². The minimum Gasteiger partial charge on any atom is -0.323 e. The first-order valence-electron chi connectivity index (χ1n) is 7.02. The predicted octanol–water partition coefficient (Wildman–Crippen LogP) is 3.23. The van der Waals surface area contributed by atoms with Crippen molar-refractivity contribution in [3.8, 4) is 0 Å². The molecule has 2 nitrogen and oxygen atoms in total. The minimum atomic E-state index is -0.822. The van der Waals surface area contributed by atoms with Gasteiger partial charge in [0.15, 0.2) is 11.6 Å². The highest BCUT2D eigenvalue weighted by molar-refractivity contribution is 5.21. The first-order valence-corrected chi connectivity index (χ1v) is 7.02. The number of likely N-dealkylation sites (tertiary alicyclic amines) is 1. The molecule has 1 aromatic rings. The maximum Gasteiger partial charge on any atom is 0.159 e. The minimum absolute atomic E-state index is 0.268. The quantitative estimate of drug-likeness (QED) is 0.912. The zero-order valence-electron chi connectivity index (χ0n) is 11.4. The lowest BCUT2D eigenvalue weighted by Crippen LogP contribution is -2.38. The highest BCUT2D eigenvalue weighted by atomic mass is 19.2. The van der Waals surface area contributed by atoms with E-state index in [4.69, 9.17) is 5.73 Å². The summed E-state index contributed by atoms with van der Waals surface area (Å²) >= 11 is 0. The topological polar surface area (TPSA) is 29.3 Å². The van der Waals surface area contributed by atoms with Crippen molar-refractivity contribution < 1.29 is 8.78 Å². The van der Waals surface area contributed by atoms with Gasteiger partial charge >= 0.3 is 0 Å². The molecule has 1 aliphatic rings. The summed E-state index contributed by atoms with van der Waals surface area (Å²) in [5.74, 6) is -1.64. The fourth-order valence-electron chi connectivity index (χ4n) is 2.71. The second kappa shape index (κ2) is 6.44. The van der Waals surface area contributed by atoms with Crippen LogP contribution in [0.2, 0.25) is 0 Å². The first kappa shape index (κ1) is 14.4. The van der Waals surface area contributed by atoms with Gasteiger partial charge in [-0.1, -0.05) is 18.9 Å². The van der Waals surface area contributed by atoms with Crippen molar-refractivity contribution in [2.75, 3.05) is 13.1 Å². The van der Waals surface area contributed by atoms with Gasteiger partial charge < -0.3 is 5.73 Å². The number of rotatable bonds is 3. The highest BCUT2D eigenvalue weighted by Gasteiger charge is 2.20. The zero-order chi connectivity index (χ0) is 13.8. The summed E-state index contributed by atoms with van der Waals surface area (Å²) in [4.78, 5) is 2.36. The SMILES string of the molecule is CC1CCCCCN1CC(N)c1ccc(F)c(F)c1. The van der Waals surface area contributed by atoms with Crippen LogP contribution in [-0.4, -0.2) is 24.0 Å². The lowest BCUT2D eigenvalue weighted by molar-refractivity contribution is 0.201. The molecule has 0 aromatic heterocycles. The Morgan fingerprint density at radius 2 is 2.05 bits per heavy atom. The third kappa shape index (κ3) is 3.74. The van der Waals surface area contributed by atoms with Crippen molar-refractivity contribution in [3.05, 3.63) is 35.4 Å². The molecule has 19 heavy (non-hydrogen) atoms. The number of hydrogen-bond donors (Lipinski definition) is 1. The Bertz CT molecular complexity index is 423. The van der Waals surface area contributed by atoms with E-state index in [0.717, 1.165) is 12.6 Å². The Kier molecular flexibility index (Phi) is 4.88. The molecule has 0 bridgehead atoms. The largest absolute Gasteiger partial charge is 0.323 e. The standard InChI is InChI=1S/C15H22F2N2/c1-11-5-3-2-4-8-19(11)10-15(18)12-6-7-13(16)14(17)9-12/h6-7,9,11,15H,2-5,8,10,18H2,1H3. The van der Waals surface area contributed by atoms with Crippen LogP contribution in [0.15, 0.2) is 18.2 Å². The van der Waals surface area contributed by atoms with Gasteiger partial charge in [-0.2, -0.15) is 0 Å². The smallest absolute Gasteiger partial charge is 0.159 e. The fourth-order valence-corrected chi connectivity index (χ4v) is 2.71. The zero-order valence-corrected chi connectivity index (χ0v) is 11.4. The van der Waals surface area contributed by atoms with Gasteiger partial charge in [-0.15, -0.1) is 0 Å². The summed E-state index contributed by atoms with van der Waals surface area (Å²) in [5.41, 5.74) is 6.79. The molecular formula is C15H22F2N2. The van der Waals surface area contributed by atoms with Crippen LogP contribution in [0.3, 0.4) is 0 Å². The third-order valence-corrected chi connectivity index (χ3v) is 3.99. The molecule has 1 aromatic carbocycles. The van der Waals surface area contributed by atoms with Crippen LogP contribution < -0.4 is 5.73 Å². The summed E-state index contributed by atoms with van der Waals surface area (Å²) in [6.07, 6.45) is 4.90. The molecular weight excluding hydrogens is 246 g/mol. The van der Waals surface area contributed by atoms with E-state index in [9.17, 15) is 8.78 Å². The van der Waals surface area contributed by atoms with Crippen LogP contribution in [-0.2, 0) is 0 Å². The Labute approximate surface area is 113 Å². The van der Waals surface area contributed by atoms with Gasteiger partial charge in [-0.25, -0.2) is 8.78 Å². The van der Waals surface area contributed by atoms with E-state index in [0.29, 0.717) is 18.2 Å². The molecule has 1 saturated heterocycles. The highest BCUT2D eigenvalue weighted by Crippen LogP contribution is 2.21. The molecule has 1 aliphatic heterocycles. The fraction of sp³-hybridized carbons (Fsp3) is 0.600. The lowest BCUT2D eigenvalue weighted by atomic mass is 10.1. The van der Waals surface area contributed by atoms with E-state index in [-0.39, 0.29) is 6.04 Å². The van der Waals surface area contributed by atoms with Crippen molar-refractivity contribution in [1.29, 1.82) is 0 Å². The van der Waals surface area contributed by atoms with Gasteiger partial charge in [0.25, 0.3) is 0 Å². The molecule has 0 aliphatic carbocycles. The first-order chi connectivity index (χ1) is 9.08. The van der Waals surface area contributed by atoms with E-state index >= 15 is 0 Å². The lowest BCUT2D eigenvalue weighted by Gasteiger charge is -2.29. The number of nitrogens with two attached hydrogens (primary N) is 1. The third-order valence-electron chi connectivity index (χ3n) is 3.99. The molecule has 106 valence electrons. The second-order valence-corrected chi connectivity index (χ2v) is 5.47. The Balaban J connectivity index is 2.02. The average Bonchev–Trinajstić information content (AvgIpc) is 2.58. The molecule has 0 amide bonds. The van der Waals surface area contributed by atoms with E-state index in [1.807, 2.05) is 0 Å². The summed E-state index contributed by atoms with van der Waals surface area (Å²) in [5, 5.41) is 0. The van der Waals surface area contributed by atoms with Gasteiger partial charge in [0, 0.05) is 18.6 Å². The Morgan fingerprint density at radius 3 is 2.79 bits per heavy atom. The van der Waals surface area contributed by atoms with E-state index in [1.54, 1.807) is 6.07 Å².